The molecule has 0 amide bonds. The Balaban J connectivity index is 1.93. The molecule has 2 rings (SSSR count). The van der Waals surface area contributed by atoms with Gasteiger partial charge in [0.15, 0.2) is 0 Å². The highest BCUT2D eigenvalue weighted by molar-refractivity contribution is 5.79. The standard InChI is InChI=1S/C13H20N4O/c1-10(18)7-14-13-15-8-12(9-16-13)11-3-5-17(2)6-4-11/h8-9,11H,3-7H2,1-2H3,(H,14,15,16). The van der Waals surface area contributed by atoms with E-state index in [0.29, 0.717) is 11.9 Å². The van der Waals surface area contributed by atoms with Gasteiger partial charge in [0.1, 0.15) is 5.78 Å². The molecule has 0 spiro atoms. The molecule has 0 aliphatic carbocycles. The number of carbonyl (C=O) groups excluding carboxylic acids is 1. The number of carbonyl (C=O) groups is 1. The van der Waals surface area contributed by atoms with E-state index >= 15 is 0 Å². The van der Waals surface area contributed by atoms with Crippen LogP contribution in [0.25, 0.3) is 0 Å². The largest absolute Gasteiger partial charge is 0.347 e. The Hall–Kier alpha value is -1.49. The lowest BCUT2D eigenvalue weighted by molar-refractivity contribution is -0.115. The Bertz CT molecular complexity index is 396. The van der Waals surface area contributed by atoms with Crippen LogP contribution in [0.1, 0.15) is 31.2 Å². The van der Waals surface area contributed by atoms with Gasteiger partial charge in [0.2, 0.25) is 5.95 Å². The fraction of sp³-hybridized carbons (Fsp3) is 0.615. The first-order chi connectivity index (χ1) is 8.65. The average Bonchev–Trinajstić information content (AvgIpc) is 2.38. The number of hydrogen-bond acceptors (Lipinski definition) is 5. The predicted octanol–water partition coefficient (Wildman–Crippen LogP) is 1.29. The van der Waals surface area contributed by atoms with Gasteiger partial charge in [-0.2, -0.15) is 0 Å². The first kappa shape index (κ1) is 13.0. The molecule has 0 saturated carbocycles. The molecule has 5 heteroatoms. The van der Waals surface area contributed by atoms with E-state index in [4.69, 9.17) is 0 Å². The van der Waals surface area contributed by atoms with E-state index in [1.54, 1.807) is 6.92 Å². The van der Waals surface area contributed by atoms with E-state index in [0.717, 1.165) is 13.1 Å². The monoisotopic (exact) mass is 248 g/mol. The molecule has 18 heavy (non-hydrogen) atoms. The maximum Gasteiger partial charge on any atom is 0.222 e. The summed E-state index contributed by atoms with van der Waals surface area (Å²) >= 11 is 0. The summed E-state index contributed by atoms with van der Waals surface area (Å²) in [7, 11) is 2.15. The number of anilines is 1. The van der Waals surface area contributed by atoms with Crippen molar-refractivity contribution in [1.29, 1.82) is 0 Å². The first-order valence-corrected chi connectivity index (χ1v) is 6.39. The van der Waals surface area contributed by atoms with Gasteiger partial charge in [0.05, 0.1) is 6.54 Å². The molecule has 1 saturated heterocycles. The molecule has 0 radical (unpaired) electrons. The Morgan fingerprint density at radius 2 is 2.00 bits per heavy atom. The molecule has 2 heterocycles. The summed E-state index contributed by atoms with van der Waals surface area (Å²) in [6.07, 6.45) is 6.09. The van der Waals surface area contributed by atoms with Crippen molar-refractivity contribution in [3.63, 3.8) is 0 Å². The van der Waals surface area contributed by atoms with E-state index in [9.17, 15) is 4.79 Å². The summed E-state index contributed by atoms with van der Waals surface area (Å²) in [6.45, 7) is 4.09. The van der Waals surface area contributed by atoms with Crippen LogP contribution < -0.4 is 5.32 Å². The summed E-state index contributed by atoms with van der Waals surface area (Å²) in [5.74, 6) is 1.18. The van der Waals surface area contributed by atoms with Crippen LogP contribution in [-0.4, -0.2) is 47.3 Å². The van der Waals surface area contributed by atoms with Gasteiger partial charge in [-0.05, 0) is 51.4 Å². The summed E-state index contributed by atoms with van der Waals surface area (Å²) in [4.78, 5) is 21.7. The third kappa shape index (κ3) is 3.50. The molecule has 1 aliphatic rings. The molecule has 0 atom stereocenters. The number of nitrogens with one attached hydrogen (secondary N) is 1. The van der Waals surface area contributed by atoms with E-state index in [-0.39, 0.29) is 12.3 Å². The van der Waals surface area contributed by atoms with Gasteiger partial charge in [-0.15, -0.1) is 0 Å². The third-order valence-corrected chi connectivity index (χ3v) is 3.36. The maximum absolute atomic E-state index is 10.8. The zero-order valence-corrected chi connectivity index (χ0v) is 11.0. The van der Waals surface area contributed by atoms with Gasteiger partial charge in [-0.3, -0.25) is 4.79 Å². The molecule has 0 bridgehead atoms. The van der Waals surface area contributed by atoms with E-state index < -0.39 is 0 Å². The van der Waals surface area contributed by atoms with Gasteiger partial charge in [0, 0.05) is 12.4 Å². The van der Waals surface area contributed by atoms with Gasteiger partial charge in [-0.1, -0.05) is 0 Å². The summed E-state index contributed by atoms with van der Waals surface area (Å²) in [6, 6.07) is 0. The Morgan fingerprint density at radius 3 is 2.56 bits per heavy atom. The number of piperidine rings is 1. The molecule has 1 fully saturated rings. The second-order valence-electron chi connectivity index (χ2n) is 4.97. The summed E-state index contributed by atoms with van der Waals surface area (Å²) in [5.41, 5.74) is 1.21. The third-order valence-electron chi connectivity index (χ3n) is 3.36. The van der Waals surface area contributed by atoms with Crippen molar-refractivity contribution >= 4 is 11.7 Å². The van der Waals surface area contributed by atoms with Crippen LogP contribution in [0.15, 0.2) is 12.4 Å². The van der Waals surface area contributed by atoms with Gasteiger partial charge in [0.25, 0.3) is 0 Å². The van der Waals surface area contributed by atoms with Crippen LogP contribution in [0.2, 0.25) is 0 Å². The minimum absolute atomic E-state index is 0.0815. The average molecular weight is 248 g/mol. The quantitative estimate of drug-likeness (QED) is 0.870. The topological polar surface area (TPSA) is 58.1 Å². The molecule has 0 unspecified atom stereocenters. The number of rotatable bonds is 4. The van der Waals surface area contributed by atoms with Crippen molar-refractivity contribution in [2.75, 3.05) is 32.0 Å². The number of nitrogens with zero attached hydrogens (tertiary/aromatic N) is 3. The molecule has 1 aromatic heterocycles. The lowest BCUT2D eigenvalue weighted by atomic mass is 9.92. The van der Waals surface area contributed by atoms with Crippen LogP contribution in [0.5, 0.6) is 0 Å². The number of hydrogen-bond donors (Lipinski definition) is 1. The van der Waals surface area contributed by atoms with Crippen molar-refractivity contribution in [2.24, 2.45) is 0 Å². The summed E-state index contributed by atoms with van der Waals surface area (Å²) < 4.78 is 0. The Kier molecular flexibility index (Phi) is 4.25. The zero-order valence-electron chi connectivity index (χ0n) is 11.0. The highest BCUT2D eigenvalue weighted by Gasteiger charge is 2.18. The molecule has 98 valence electrons. The Labute approximate surface area is 108 Å². The van der Waals surface area contributed by atoms with Crippen LogP contribution in [-0.2, 0) is 4.79 Å². The van der Waals surface area contributed by atoms with Crippen molar-refractivity contribution in [1.82, 2.24) is 14.9 Å². The number of ketones is 1. The number of aromatic nitrogens is 2. The fourth-order valence-corrected chi connectivity index (χ4v) is 2.19. The Morgan fingerprint density at radius 1 is 1.39 bits per heavy atom. The number of likely N-dealkylation sites (tertiary alicyclic amines) is 1. The van der Waals surface area contributed by atoms with Crippen LogP contribution >= 0.6 is 0 Å². The van der Waals surface area contributed by atoms with Gasteiger partial charge < -0.3 is 10.2 Å². The second kappa shape index (κ2) is 5.91. The highest BCUT2D eigenvalue weighted by atomic mass is 16.1. The SMILES string of the molecule is CC(=O)CNc1ncc(C2CCN(C)CC2)cn1. The zero-order chi connectivity index (χ0) is 13.0. The van der Waals surface area contributed by atoms with Gasteiger partial charge in [-0.25, -0.2) is 9.97 Å². The lowest BCUT2D eigenvalue weighted by Crippen LogP contribution is -2.29. The van der Waals surface area contributed by atoms with Crippen LogP contribution in [0.4, 0.5) is 5.95 Å². The van der Waals surface area contributed by atoms with E-state index in [2.05, 4.69) is 27.2 Å². The summed E-state index contributed by atoms with van der Waals surface area (Å²) in [5, 5.41) is 2.90. The predicted molar refractivity (Wildman–Crippen MR) is 70.7 cm³/mol. The number of Topliss-reactive ketones (excluding diaryl/α,β-unsaturated/α-hetero) is 1. The van der Waals surface area contributed by atoms with Gasteiger partial charge >= 0.3 is 0 Å². The first-order valence-electron chi connectivity index (χ1n) is 6.39. The molecule has 1 aliphatic heterocycles. The molecular weight excluding hydrogens is 228 g/mol. The maximum atomic E-state index is 10.8. The smallest absolute Gasteiger partial charge is 0.222 e. The van der Waals surface area contributed by atoms with Crippen LogP contribution in [0, 0.1) is 0 Å². The second-order valence-corrected chi connectivity index (χ2v) is 4.97. The fourth-order valence-electron chi connectivity index (χ4n) is 2.19. The van der Waals surface area contributed by atoms with Crippen molar-refractivity contribution < 1.29 is 4.79 Å². The lowest BCUT2D eigenvalue weighted by Gasteiger charge is -2.28. The molecule has 1 N–H and O–H groups in total. The highest BCUT2D eigenvalue weighted by Crippen LogP contribution is 2.26. The minimum Gasteiger partial charge on any atom is -0.347 e. The van der Waals surface area contributed by atoms with Crippen molar-refractivity contribution in [3.8, 4) is 0 Å². The molecule has 0 aromatic carbocycles. The van der Waals surface area contributed by atoms with Crippen molar-refractivity contribution in [2.45, 2.75) is 25.7 Å². The molecular formula is C13H20N4O. The molecule has 5 nitrogen and oxygen atoms in total. The minimum atomic E-state index is 0.0815. The van der Waals surface area contributed by atoms with E-state index in [1.807, 2.05) is 12.4 Å². The van der Waals surface area contributed by atoms with Crippen LogP contribution in [0.3, 0.4) is 0 Å². The molecule has 1 aromatic rings. The van der Waals surface area contributed by atoms with E-state index in [1.165, 1.54) is 18.4 Å². The normalized spacial score (nSPS) is 17.7. The van der Waals surface area contributed by atoms with Crippen molar-refractivity contribution in [3.05, 3.63) is 18.0 Å².